The lowest BCUT2D eigenvalue weighted by molar-refractivity contribution is -0.314. The lowest BCUT2D eigenvalue weighted by atomic mass is 9.54. The molecule has 0 radical (unpaired) electrons. The van der Waals surface area contributed by atoms with Gasteiger partial charge in [0.2, 0.25) is 5.91 Å². The van der Waals surface area contributed by atoms with Crippen LogP contribution >= 0.6 is 0 Å². The van der Waals surface area contributed by atoms with E-state index in [-0.39, 0.29) is 11.8 Å². The van der Waals surface area contributed by atoms with Crippen LogP contribution < -0.4 is 10.4 Å². The second kappa shape index (κ2) is 5.54. The van der Waals surface area contributed by atoms with Crippen LogP contribution in [0.1, 0.15) is 57.8 Å². The molecule has 122 valence electrons. The van der Waals surface area contributed by atoms with E-state index in [4.69, 9.17) is 0 Å². The fourth-order valence-electron chi connectivity index (χ4n) is 6.16. The van der Waals surface area contributed by atoms with Crippen molar-refractivity contribution in [3.8, 4) is 0 Å². The molecule has 0 aliphatic heterocycles. The summed E-state index contributed by atoms with van der Waals surface area (Å²) in [4.78, 5) is 24.0. The number of hydrogen-bond donors (Lipinski definition) is 1. The summed E-state index contributed by atoms with van der Waals surface area (Å²) >= 11 is 0. The third-order valence-electron chi connectivity index (χ3n) is 6.94. The van der Waals surface area contributed by atoms with Gasteiger partial charge in [-0.3, -0.25) is 4.79 Å². The van der Waals surface area contributed by atoms with E-state index in [1.54, 1.807) is 0 Å². The molecule has 0 heterocycles. The summed E-state index contributed by atoms with van der Waals surface area (Å²) in [5, 5.41) is 14.6. The Balaban J connectivity index is 1.44. The third-order valence-corrected chi connectivity index (χ3v) is 6.94. The maximum absolute atomic E-state index is 12.7. The van der Waals surface area contributed by atoms with Gasteiger partial charge in [-0.1, -0.05) is 12.8 Å². The van der Waals surface area contributed by atoms with Crippen molar-refractivity contribution in [2.45, 2.75) is 63.8 Å². The lowest BCUT2D eigenvalue weighted by Gasteiger charge is -2.54. The first kappa shape index (κ1) is 14.5. The van der Waals surface area contributed by atoms with Crippen LogP contribution in [0.2, 0.25) is 0 Å². The molecule has 5 saturated carbocycles. The van der Waals surface area contributed by atoms with Crippen molar-refractivity contribution in [2.24, 2.45) is 35.5 Å². The zero-order chi connectivity index (χ0) is 15.3. The molecule has 5 aliphatic rings. The van der Waals surface area contributed by atoms with Crippen molar-refractivity contribution in [3.05, 3.63) is 0 Å². The minimum absolute atomic E-state index is 0.00799. The molecule has 2 atom stereocenters. The molecule has 4 nitrogen and oxygen atoms in total. The quantitative estimate of drug-likeness (QED) is 0.858. The first-order valence-corrected chi connectivity index (χ1v) is 9.13. The van der Waals surface area contributed by atoms with Gasteiger partial charge in [-0.2, -0.15) is 0 Å². The standard InChI is InChI=1S/C18H27NO3/c20-17(14-3-1-2-4-15(14)18(21)22)19-16-12-6-10-5-11(8-12)9-13(16)7-10/h10-16H,1-9H2,(H,19,20)(H,21,22)/p-1/t10?,11?,12?,13?,14-,15+,16?/m1/s1. The van der Waals surface area contributed by atoms with E-state index in [0.717, 1.165) is 24.7 Å². The maximum atomic E-state index is 12.7. The van der Waals surface area contributed by atoms with Crippen molar-refractivity contribution in [1.29, 1.82) is 0 Å². The van der Waals surface area contributed by atoms with Gasteiger partial charge in [0.15, 0.2) is 0 Å². The predicted octanol–water partition coefficient (Wildman–Crippen LogP) is 1.48. The molecule has 5 rings (SSSR count). The molecule has 0 aromatic carbocycles. The molecule has 1 amide bonds. The molecular weight excluding hydrogens is 278 g/mol. The number of carbonyl (C=O) groups is 2. The average molecular weight is 304 g/mol. The Kier molecular flexibility index (Phi) is 3.66. The number of aliphatic carboxylic acids is 1. The number of nitrogens with one attached hydrogen (secondary N) is 1. The normalized spacial score (nSPS) is 46.5. The van der Waals surface area contributed by atoms with Gasteiger partial charge in [0.05, 0.1) is 0 Å². The van der Waals surface area contributed by atoms with Crippen molar-refractivity contribution in [3.63, 3.8) is 0 Å². The largest absolute Gasteiger partial charge is 0.550 e. The van der Waals surface area contributed by atoms with Crippen LogP contribution in [0.25, 0.3) is 0 Å². The summed E-state index contributed by atoms with van der Waals surface area (Å²) in [5.74, 6) is 1.08. The third kappa shape index (κ3) is 2.44. The molecule has 0 aromatic heterocycles. The fraction of sp³-hybridized carbons (Fsp3) is 0.889. The van der Waals surface area contributed by atoms with Crippen LogP contribution in [0, 0.1) is 35.5 Å². The van der Waals surface area contributed by atoms with Gasteiger partial charge in [0.1, 0.15) is 0 Å². The van der Waals surface area contributed by atoms with Crippen LogP contribution in [-0.2, 0) is 9.59 Å². The summed E-state index contributed by atoms with van der Waals surface area (Å²) in [5.41, 5.74) is 0. The Hall–Kier alpha value is -1.06. The minimum Gasteiger partial charge on any atom is -0.550 e. The smallest absolute Gasteiger partial charge is 0.224 e. The van der Waals surface area contributed by atoms with Gasteiger partial charge >= 0.3 is 0 Å². The minimum atomic E-state index is -1.04. The van der Waals surface area contributed by atoms with Crippen molar-refractivity contribution in [1.82, 2.24) is 5.32 Å². The van der Waals surface area contributed by atoms with E-state index < -0.39 is 11.9 Å². The topological polar surface area (TPSA) is 69.2 Å². The number of carboxylic acid groups (broad SMARTS) is 1. The Morgan fingerprint density at radius 3 is 1.91 bits per heavy atom. The number of carbonyl (C=O) groups excluding carboxylic acids is 2. The Morgan fingerprint density at radius 1 is 0.818 bits per heavy atom. The highest BCUT2D eigenvalue weighted by atomic mass is 16.4. The highest BCUT2D eigenvalue weighted by Crippen LogP contribution is 2.53. The molecule has 0 aromatic rings. The molecular formula is C18H26NO3-. The maximum Gasteiger partial charge on any atom is 0.224 e. The number of amides is 1. The van der Waals surface area contributed by atoms with Gasteiger partial charge in [-0.25, -0.2) is 0 Å². The van der Waals surface area contributed by atoms with E-state index in [0.29, 0.717) is 30.7 Å². The summed E-state index contributed by atoms with van der Waals surface area (Å²) in [6.45, 7) is 0. The van der Waals surface area contributed by atoms with Crippen molar-refractivity contribution >= 4 is 11.9 Å². The summed E-state index contributed by atoms with van der Waals surface area (Å²) in [6, 6.07) is 0.310. The van der Waals surface area contributed by atoms with Gasteiger partial charge < -0.3 is 15.2 Å². The Labute approximate surface area is 132 Å². The number of hydrogen-bond acceptors (Lipinski definition) is 3. The highest BCUT2D eigenvalue weighted by Gasteiger charge is 2.49. The van der Waals surface area contributed by atoms with E-state index in [9.17, 15) is 14.7 Å². The van der Waals surface area contributed by atoms with E-state index in [1.165, 1.54) is 32.1 Å². The van der Waals surface area contributed by atoms with Gasteiger partial charge in [0, 0.05) is 23.8 Å². The van der Waals surface area contributed by atoms with Gasteiger partial charge in [-0.15, -0.1) is 0 Å². The second-order valence-electron chi connectivity index (χ2n) is 8.28. The predicted molar refractivity (Wildman–Crippen MR) is 79.4 cm³/mol. The first-order valence-electron chi connectivity index (χ1n) is 9.13. The SMILES string of the molecule is O=C([O-])[C@H]1CCCC[C@H]1C(=O)NC1C2CC3CC(C2)CC1C3. The van der Waals surface area contributed by atoms with Crippen LogP contribution in [0.3, 0.4) is 0 Å². The molecule has 4 bridgehead atoms. The first-order chi connectivity index (χ1) is 10.6. The zero-order valence-electron chi connectivity index (χ0n) is 13.1. The molecule has 0 spiro atoms. The van der Waals surface area contributed by atoms with E-state index in [2.05, 4.69) is 5.32 Å². The Bertz CT molecular complexity index is 447. The van der Waals surface area contributed by atoms with Crippen LogP contribution in [0.15, 0.2) is 0 Å². The lowest BCUT2D eigenvalue weighted by Crippen LogP contribution is -2.57. The van der Waals surface area contributed by atoms with Gasteiger partial charge in [-0.05, 0) is 68.6 Å². The fourth-order valence-corrected chi connectivity index (χ4v) is 6.16. The van der Waals surface area contributed by atoms with E-state index >= 15 is 0 Å². The summed E-state index contributed by atoms with van der Waals surface area (Å²) in [7, 11) is 0. The molecule has 22 heavy (non-hydrogen) atoms. The molecule has 5 aliphatic carbocycles. The molecule has 1 N–H and O–H groups in total. The number of rotatable bonds is 3. The monoisotopic (exact) mass is 304 g/mol. The van der Waals surface area contributed by atoms with E-state index in [1.807, 2.05) is 0 Å². The van der Waals surface area contributed by atoms with Crippen LogP contribution in [0.5, 0.6) is 0 Å². The second-order valence-corrected chi connectivity index (χ2v) is 8.28. The van der Waals surface area contributed by atoms with Gasteiger partial charge in [0.25, 0.3) is 0 Å². The molecule has 0 saturated heterocycles. The van der Waals surface area contributed by atoms with Crippen LogP contribution in [0.4, 0.5) is 0 Å². The molecule has 4 heteroatoms. The van der Waals surface area contributed by atoms with Crippen LogP contribution in [-0.4, -0.2) is 17.9 Å². The zero-order valence-corrected chi connectivity index (χ0v) is 13.1. The van der Waals surface area contributed by atoms with Crippen molar-refractivity contribution < 1.29 is 14.7 Å². The molecule has 0 unspecified atom stereocenters. The molecule has 5 fully saturated rings. The summed E-state index contributed by atoms with van der Waals surface area (Å²) < 4.78 is 0. The average Bonchev–Trinajstić information content (AvgIpc) is 2.50. The van der Waals surface area contributed by atoms with Crippen molar-refractivity contribution in [2.75, 3.05) is 0 Å². The highest BCUT2D eigenvalue weighted by molar-refractivity contribution is 5.84. The number of carboxylic acids is 1. The Morgan fingerprint density at radius 2 is 1.36 bits per heavy atom. The summed E-state index contributed by atoms with van der Waals surface area (Å²) in [6.07, 6.45) is 9.66.